The van der Waals surface area contributed by atoms with Gasteiger partial charge >= 0.3 is 0 Å². The van der Waals surface area contributed by atoms with Gasteiger partial charge in [0.05, 0.1) is 5.69 Å². The van der Waals surface area contributed by atoms with Crippen LogP contribution in [-0.4, -0.2) is 42.0 Å². The monoisotopic (exact) mass is 391 g/mol. The van der Waals surface area contributed by atoms with Gasteiger partial charge in [-0.05, 0) is 44.2 Å². The van der Waals surface area contributed by atoms with E-state index in [1.54, 1.807) is 12.1 Å². The third kappa shape index (κ3) is 4.66. The van der Waals surface area contributed by atoms with Crippen LogP contribution in [0, 0.1) is 12.7 Å². The molecule has 132 valence electrons. The Morgan fingerprint density at radius 1 is 1.21 bits per heavy atom. The maximum atomic E-state index is 13.0. The second-order valence-corrected chi connectivity index (χ2v) is 6.34. The van der Waals surface area contributed by atoms with Crippen molar-refractivity contribution in [2.24, 2.45) is 0 Å². The molecule has 1 aliphatic rings. The lowest BCUT2D eigenvalue weighted by molar-refractivity contribution is 0.0770. The Bertz CT molecular complexity index is 670. The highest BCUT2D eigenvalue weighted by Gasteiger charge is 2.22. The zero-order chi connectivity index (χ0) is 15.5. The molecule has 2 aromatic rings. The second kappa shape index (κ2) is 9.32. The van der Waals surface area contributed by atoms with Gasteiger partial charge in [-0.2, -0.15) is 0 Å². The van der Waals surface area contributed by atoms with Gasteiger partial charge in [-0.1, -0.05) is 0 Å². The van der Waals surface area contributed by atoms with Crippen LogP contribution in [0.25, 0.3) is 10.6 Å². The van der Waals surface area contributed by atoms with Crippen LogP contribution in [-0.2, 0) is 0 Å². The molecule has 24 heavy (non-hydrogen) atoms. The van der Waals surface area contributed by atoms with Crippen LogP contribution in [0.2, 0.25) is 0 Å². The van der Waals surface area contributed by atoms with Gasteiger partial charge in [-0.15, -0.1) is 36.2 Å². The summed E-state index contributed by atoms with van der Waals surface area (Å²) in [5.41, 5.74) is 1.58. The van der Waals surface area contributed by atoms with Gasteiger partial charge in [-0.25, -0.2) is 9.37 Å². The Morgan fingerprint density at radius 3 is 2.62 bits per heavy atom. The molecule has 1 aliphatic heterocycles. The molecule has 0 saturated carbocycles. The third-order valence-corrected chi connectivity index (χ3v) is 4.90. The van der Waals surface area contributed by atoms with Gasteiger partial charge in [0, 0.05) is 25.2 Å². The number of nitrogens with one attached hydrogen (secondary N) is 1. The summed E-state index contributed by atoms with van der Waals surface area (Å²) < 4.78 is 13.0. The number of rotatable bonds is 2. The van der Waals surface area contributed by atoms with Gasteiger partial charge in [0.2, 0.25) is 0 Å². The van der Waals surface area contributed by atoms with E-state index in [4.69, 9.17) is 0 Å². The van der Waals surface area contributed by atoms with Gasteiger partial charge in [0.1, 0.15) is 15.7 Å². The average molecular weight is 392 g/mol. The van der Waals surface area contributed by atoms with Crippen LogP contribution in [0.3, 0.4) is 0 Å². The van der Waals surface area contributed by atoms with Crippen LogP contribution in [0.15, 0.2) is 24.3 Å². The number of carbonyl (C=O) groups is 1. The van der Waals surface area contributed by atoms with E-state index >= 15 is 0 Å². The number of carbonyl (C=O) groups excluding carboxylic acids is 1. The molecule has 4 nitrogen and oxygen atoms in total. The Balaban J connectivity index is 0.00000144. The summed E-state index contributed by atoms with van der Waals surface area (Å²) in [6, 6.07) is 6.21. The molecule has 0 aliphatic carbocycles. The number of amides is 1. The smallest absolute Gasteiger partial charge is 0.265 e. The molecule has 0 atom stereocenters. The summed E-state index contributed by atoms with van der Waals surface area (Å²) in [4.78, 5) is 19.7. The number of hydrogen-bond donors (Lipinski definition) is 1. The summed E-state index contributed by atoms with van der Waals surface area (Å²) >= 11 is 1.38. The maximum absolute atomic E-state index is 13.0. The first-order chi connectivity index (χ1) is 10.6. The van der Waals surface area contributed by atoms with E-state index in [2.05, 4.69) is 10.3 Å². The number of hydrogen-bond acceptors (Lipinski definition) is 4. The maximum Gasteiger partial charge on any atom is 0.265 e. The number of halogens is 3. The lowest BCUT2D eigenvalue weighted by Gasteiger charge is -2.19. The van der Waals surface area contributed by atoms with Crippen molar-refractivity contribution in [2.45, 2.75) is 13.3 Å². The van der Waals surface area contributed by atoms with E-state index < -0.39 is 0 Å². The molecule has 1 aromatic carbocycles. The number of benzene rings is 1. The standard InChI is InChI=1S/C16H18FN3OS.2ClH/c1-11-14(16(21)20-9-2-7-18-8-10-20)22-15(19-11)12-3-5-13(17)6-4-12;;/h3-6,18H,2,7-10H2,1H3;2*1H. The highest BCUT2D eigenvalue weighted by Crippen LogP contribution is 2.29. The quantitative estimate of drug-likeness (QED) is 0.851. The fourth-order valence-electron chi connectivity index (χ4n) is 2.50. The molecular formula is C16H20Cl2FN3OS. The summed E-state index contributed by atoms with van der Waals surface area (Å²) in [5.74, 6) is -0.225. The fourth-order valence-corrected chi connectivity index (χ4v) is 3.54. The summed E-state index contributed by atoms with van der Waals surface area (Å²) in [6.45, 7) is 5.13. The van der Waals surface area contributed by atoms with Crippen molar-refractivity contribution < 1.29 is 9.18 Å². The van der Waals surface area contributed by atoms with Gasteiger partial charge in [0.15, 0.2) is 0 Å². The van der Waals surface area contributed by atoms with Crippen LogP contribution in [0.5, 0.6) is 0 Å². The van der Waals surface area contributed by atoms with Crippen LogP contribution in [0.1, 0.15) is 21.8 Å². The molecule has 8 heteroatoms. The Hall–Kier alpha value is -1.21. The molecule has 3 rings (SSSR count). The molecule has 0 radical (unpaired) electrons. The zero-order valence-corrected chi connectivity index (χ0v) is 15.7. The first-order valence-corrected chi connectivity index (χ1v) is 8.20. The summed E-state index contributed by atoms with van der Waals surface area (Å²) in [6.07, 6.45) is 0.967. The van der Waals surface area contributed by atoms with Crippen molar-refractivity contribution in [3.63, 3.8) is 0 Å². The fraction of sp³-hybridized carbons (Fsp3) is 0.375. The van der Waals surface area contributed by atoms with Crippen molar-refractivity contribution in [3.05, 3.63) is 40.7 Å². The number of nitrogens with zero attached hydrogens (tertiary/aromatic N) is 2. The molecule has 2 heterocycles. The van der Waals surface area contributed by atoms with Crippen molar-refractivity contribution in [2.75, 3.05) is 26.2 Å². The average Bonchev–Trinajstić information content (AvgIpc) is 2.74. The van der Waals surface area contributed by atoms with Crippen molar-refractivity contribution in [1.82, 2.24) is 15.2 Å². The van der Waals surface area contributed by atoms with E-state index in [1.165, 1.54) is 23.5 Å². The number of aryl methyl sites for hydroxylation is 1. The van der Waals surface area contributed by atoms with Gasteiger partial charge < -0.3 is 10.2 Å². The number of aromatic nitrogens is 1. The molecular weight excluding hydrogens is 372 g/mol. The van der Waals surface area contributed by atoms with E-state index in [0.29, 0.717) is 4.88 Å². The SMILES string of the molecule is Cc1nc(-c2ccc(F)cc2)sc1C(=O)N1CCCNCC1.Cl.Cl. The second-order valence-electron chi connectivity index (χ2n) is 5.34. The van der Waals surface area contributed by atoms with E-state index in [1.807, 2.05) is 11.8 Å². The highest BCUT2D eigenvalue weighted by molar-refractivity contribution is 7.17. The minimum Gasteiger partial charge on any atom is -0.337 e. The number of thiazole rings is 1. The molecule has 1 N–H and O–H groups in total. The topological polar surface area (TPSA) is 45.2 Å². The van der Waals surface area contributed by atoms with Crippen LogP contribution >= 0.6 is 36.2 Å². The minimum atomic E-state index is -0.273. The minimum absolute atomic E-state index is 0. The zero-order valence-electron chi connectivity index (χ0n) is 13.3. The van der Waals surface area contributed by atoms with Crippen LogP contribution < -0.4 is 5.32 Å². The molecule has 1 amide bonds. The highest BCUT2D eigenvalue weighted by atomic mass is 35.5. The third-order valence-electron chi connectivity index (χ3n) is 3.71. The molecule has 1 saturated heterocycles. The molecule has 0 unspecified atom stereocenters. The molecule has 1 fully saturated rings. The predicted molar refractivity (Wildman–Crippen MR) is 100 cm³/mol. The van der Waals surface area contributed by atoms with E-state index in [0.717, 1.165) is 48.9 Å². The predicted octanol–water partition coefficient (Wildman–Crippen LogP) is 3.54. The largest absolute Gasteiger partial charge is 0.337 e. The molecule has 0 spiro atoms. The molecule has 1 aromatic heterocycles. The Labute approximate surface area is 157 Å². The van der Waals surface area contributed by atoms with Crippen molar-refractivity contribution in [3.8, 4) is 10.6 Å². The van der Waals surface area contributed by atoms with Gasteiger partial charge in [-0.3, -0.25) is 4.79 Å². The van der Waals surface area contributed by atoms with E-state index in [-0.39, 0.29) is 36.5 Å². The normalized spacial score (nSPS) is 14.3. The van der Waals surface area contributed by atoms with Crippen LogP contribution in [0.4, 0.5) is 4.39 Å². The Morgan fingerprint density at radius 2 is 1.92 bits per heavy atom. The van der Waals surface area contributed by atoms with E-state index in [9.17, 15) is 9.18 Å². The van der Waals surface area contributed by atoms with Gasteiger partial charge in [0.25, 0.3) is 5.91 Å². The lowest BCUT2D eigenvalue weighted by Crippen LogP contribution is -2.34. The molecule has 0 bridgehead atoms. The van der Waals surface area contributed by atoms with Crippen molar-refractivity contribution >= 4 is 42.1 Å². The summed E-state index contributed by atoms with van der Waals surface area (Å²) in [7, 11) is 0. The summed E-state index contributed by atoms with van der Waals surface area (Å²) in [5, 5.41) is 4.05. The van der Waals surface area contributed by atoms with Crippen molar-refractivity contribution in [1.29, 1.82) is 0 Å². The first-order valence-electron chi connectivity index (χ1n) is 7.38. The Kier molecular flexibility index (Phi) is 8.09. The first kappa shape index (κ1) is 20.8. The lowest BCUT2D eigenvalue weighted by atomic mass is 10.2.